The van der Waals surface area contributed by atoms with E-state index in [1.54, 1.807) is 12.1 Å². The van der Waals surface area contributed by atoms with E-state index in [2.05, 4.69) is 10.6 Å². The molecule has 1 aliphatic rings. The predicted octanol–water partition coefficient (Wildman–Crippen LogP) is 2.95. The van der Waals surface area contributed by atoms with E-state index in [1.165, 1.54) is 0 Å². The first-order valence-corrected chi connectivity index (χ1v) is 6.45. The zero-order chi connectivity index (χ0) is 13.0. The van der Waals surface area contributed by atoms with E-state index < -0.39 is 0 Å². The lowest BCUT2D eigenvalue weighted by atomic mass is 10.2. The fourth-order valence-electron chi connectivity index (χ4n) is 1.95. The first kappa shape index (κ1) is 13.2. The first-order chi connectivity index (χ1) is 8.65. The minimum Gasteiger partial charge on any atom is -0.376 e. The van der Waals surface area contributed by atoms with Crippen LogP contribution >= 0.6 is 11.6 Å². The summed E-state index contributed by atoms with van der Waals surface area (Å²) in [5.41, 5.74) is 1.71. The Morgan fingerprint density at radius 1 is 1.56 bits per heavy atom. The molecule has 2 amide bonds. The predicted molar refractivity (Wildman–Crippen MR) is 72.2 cm³/mol. The van der Waals surface area contributed by atoms with Crippen molar-refractivity contribution in [2.45, 2.75) is 25.9 Å². The molecule has 0 aromatic heterocycles. The Balaban J connectivity index is 1.82. The van der Waals surface area contributed by atoms with Crippen molar-refractivity contribution in [2.75, 3.05) is 18.5 Å². The third-order valence-electron chi connectivity index (χ3n) is 2.95. The summed E-state index contributed by atoms with van der Waals surface area (Å²) < 4.78 is 5.43. The van der Waals surface area contributed by atoms with Gasteiger partial charge in [0.25, 0.3) is 0 Å². The van der Waals surface area contributed by atoms with Gasteiger partial charge >= 0.3 is 6.03 Å². The standard InChI is InChI=1S/C13H17ClN2O2/c1-9-7-10(14)4-5-12(9)16-13(17)15-8-11-3-2-6-18-11/h4-5,7,11H,2-3,6,8H2,1H3,(H2,15,16,17). The number of carbonyl (C=O) groups is 1. The molecule has 5 heteroatoms. The molecule has 2 N–H and O–H groups in total. The summed E-state index contributed by atoms with van der Waals surface area (Å²) in [6, 6.07) is 5.15. The normalized spacial score (nSPS) is 18.7. The molecule has 1 fully saturated rings. The van der Waals surface area contributed by atoms with Gasteiger partial charge in [0.1, 0.15) is 0 Å². The molecule has 0 spiro atoms. The maximum atomic E-state index is 11.7. The minimum atomic E-state index is -0.212. The Morgan fingerprint density at radius 2 is 2.39 bits per heavy atom. The van der Waals surface area contributed by atoms with Crippen molar-refractivity contribution in [3.05, 3.63) is 28.8 Å². The van der Waals surface area contributed by atoms with E-state index in [4.69, 9.17) is 16.3 Å². The lowest BCUT2D eigenvalue weighted by Gasteiger charge is -2.13. The smallest absolute Gasteiger partial charge is 0.319 e. The Bertz CT molecular complexity index is 431. The third kappa shape index (κ3) is 3.62. The van der Waals surface area contributed by atoms with Crippen LogP contribution in [0.1, 0.15) is 18.4 Å². The highest BCUT2D eigenvalue weighted by Gasteiger charge is 2.16. The quantitative estimate of drug-likeness (QED) is 0.886. The molecule has 98 valence electrons. The number of urea groups is 1. The number of rotatable bonds is 3. The topological polar surface area (TPSA) is 50.4 Å². The molecular weight excluding hydrogens is 252 g/mol. The van der Waals surface area contributed by atoms with Crippen LogP contribution in [0.15, 0.2) is 18.2 Å². The summed E-state index contributed by atoms with van der Waals surface area (Å²) >= 11 is 5.86. The molecule has 1 saturated heterocycles. The molecule has 2 rings (SSSR count). The maximum Gasteiger partial charge on any atom is 0.319 e. The van der Waals surface area contributed by atoms with Crippen molar-refractivity contribution < 1.29 is 9.53 Å². The second-order valence-corrected chi connectivity index (χ2v) is 4.87. The molecular formula is C13H17ClN2O2. The molecule has 0 bridgehead atoms. The van der Waals surface area contributed by atoms with E-state index in [9.17, 15) is 4.79 Å². The second kappa shape index (κ2) is 6.07. The van der Waals surface area contributed by atoms with Crippen LogP contribution in [0, 0.1) is 6.92 Å². The Hall–Kier alpha value is -1.26. The number of hydrogen-bond acceptors (Lipinski definition) is 2. The fraction of sp³-hybridized carbons (Fsp3) is 0.462. The number of halogens is 1. The van der Waals surface area contributed by atoms with Gasteiger partial charge in [0.15, 0.2) is 0 Å². The Kier molecular flexibility index (Phi) is 4.44. The summed E-state index contributed by atoms with van der Waals surface area (Å²) in [7, 11) is 0. The zero-order valence-electron chi connectivity index (χ0n) is 10.3. The van der Waals surface area contributed by atoms with E-state index in [0.717, 1.165) is 30.7 Å². The summed E-state index contributed by atoms with van der Waals surface area (Å²) in [4.78, 5) is 11.7. The molecule has 0 aliphatic carbocycles. The van der Waals surface area contributed by atoms with Crippen LogP contribution in [0.25, 0.3) is 0 Å². The second-order valence-electron chi connectivity index (χ2n) is 4.43. The highest BCUT2D eigenvalue weighted by atomic mass is 35.5. The fourth-order valence-corrected chi connectivity index (χ4v) is 2.17. The summed E-state index contributed by atoms with van der Waals surface area (Å²) in [5.74, 6) is 0. The van der Waals surface area contributed by atoms with Gasteiger partial charge in [0, 0.05) is 23.9 Å². The van der Waals surface area contributed by atoms with Crippen LogP contribution in [0.4, 0.5) is 10.5 Å². The molecule has 0 radical (unpaired) electrons. The lowest BCUT2D eigenvalue weighted by Crippen LogP contribution is -2.35. The van der Waals surface area contributed by atoms with Gasteiger partial charge in [-0.15, -0.1) is 0 Å². The van der Waals surface area contributed by atoms with Gasteiger partial charge in [-0.3, -0.25) is 0 Å². The van der Waals surface area contributed by atoms with Crippen molar-refractivity contribution >= 4 is 23.3 Å². The van der Waals surface area contributed by atoms with Crippen LogP contribution in [0.3, 0.4) is 0 Å². The Morgan fingerprint density at radius 3 is 3.06 bits per heavy atom. The number of nitrogens with one attached hydrogen (secondary N) is 2. The highest BCUT2D eigenvalue weighted by Crippen LogP contribution is 2.19. The molecule has 18 heavy (non-hydrogen) atoms. The molecule has 1 atom stereocenters. The van der Waals surface area contributed by atoms with E-state index in [0.29, 0.717) is 11.6 Å². The number of hydrogen-bond donors (Lipinski definition) is 2. The number of benzene rings is 1. The van der Waals surface area contributed by atoms with Crippen molar-refractivity contribution in [3.8, 4) is 0 Å². The molecule has 1 heterocycles. The van der Waals surface area contributed by atoms with Crippen LogP contribution in [0.2, 0.25) is 5.02 Å². The average molecular weight is 269 g/mol. The van der Waals surface area contributed by atoms with Crippen LogP contribution < -0.4 is 10.6 Å². The van der Waals surface area contributed by atoms with Gasteiger partial charge in [-0.1, -0.05) is 11.6 Å². The molecule has 1 aromatic rings. The van der Waals surface area contributed by atoms with Gasteiger partial charge < -0.3 is 15.4 Å². The van der Waals surface area contributed by atoms with Gasteiger partial charge in [0.05, 0.1) is 6.10 Å². The molecule has 0 saturated carbocycles. The van der Waals surface area contributed by atoms with Crippen LogP contribution in [-0.4, -0.2) is 25.3 Å². The highest BCUT2D eigenvalue weighted by molar-refractivity contribution is 6.30. The van der Waals surface area contributed by atoms with Gasteiger partial charge in [-0.2, -0.15) is 0 Å². The maximum absolute atomic E-state index is 11.7. The van der Waals surface area contributed by atoms with Crippen molar-refractivity contribution in [2.24, 2.45) is 0 Å². The summed E-state index contributed by atoms with van der Waals surface area (Å²) in [6.45, 7) is 3.25. The van der Waals surface area contributed by atoms with E-state index in [1.807, 2.05) is 13.0 Å². The Labute approximate surface area is 112 Å². The number of anilines is 1. The zero-order valence-corrected chi connectivity index (χ0v) is 11.1. The van der Waals surface area contributed by atoms with Crippen LogP contribution in [0.5, 0.6) is 0 Å². The monoisotopic (exact) mass is 268 g/mol. The first-order valence-electron chi connectivity index (χ1n) is 6.08. The van der Waals surface area contributed by atoms with Gasteiger partial charge in [-0.05, 0) is 43.5 Å². The number of ether oxygens (including phenoxy) is 1. The van der Waals surface area contributed by atoms with Crippen molar-refractivity contribution in [1.29, 1.82) is 0 Å². The number of aryl methyl sites for hydroxylation is 1. The van der Waals surface area contributed by atoms with Crippen LogP contribution in [-0.2, 0) is 4.74 Å². The summed E-state index contributed by atoms with van der Waals surface area (Å²) in [5, 5.41) is 6.27. The number of carbonyl (C=O) groups excluding carboxylic acids is 1. The molecule has 1 aliphatic heterocycles. The van der Waals surface area contributed by atoms with Crippen molar-refractivity contribution in [3.63, 3.8) is 0 Å². The molecule has 1 aromatic carbocycles. The molecule has 4 nitrogen and oxygen atoms in total. The molecule has 1 unspecified atom stereocenters. The third-order valence-corrected chi connectivity index (χ3v) is 3.19. The number of amides is 2. The van der Waals surface area contributed by atoms with E-state index in [-0.39, 0.29) is 12.1 Å². The largest absolute Gasteiger partial charge is 0.376 e. The van der Waals surface area contributed by atoms with E-state index >= 15 is 0 Å². The van der Waals surface area contributed by atoms with Gasteiger partial charge in [-0.25, -0.2) is 4.79 Å². The minimum absolute atomic E-state index is 0.155. The SMILES string of the molecule is Cc1cc(Cl)ccc1NC(=O)NCC1CCCO1. The summed E-state index contributed by atoms with van der Waals surface area (Å²) in [6.07, 6.45) is 2.24. The average Bonchev–Trinajstić information content (AvgIpc) is 2.83. The van der Waals surface area contributed by atoms with Gasteiger partial charge in [0.2, 0.25) is 0 Å². The van der Waals surface area contributed by atoms with Crippen molar-refractivity contribution in [1.82, 2.24) is 5.32 Å². The lowest BCUT2D eigenvalue weighted by molar-refractivity contribution is 0.112.